The number of hydrogen-bond acceptors (Lipinski definition) is 5. The fourth-order valence-corrected chi connectivity index (χ4v) is 2.76. The Kier molecular flexibility index (Phi) is 8.21. The molecule has 1 amide bonds. The molecular formula is C21H23BrN2O5. The normalized spacial score (nSPS) is 10.9. The molecule has 29 heavy (non-hydrogen) atoms. The fourth-order valence-electron chi connectivity index (χ4n) is 2.40. The highest BCUT2D eigenvalue weighted by atomic mass is 79.9. The number of halogens is 1. The Balaban J connectivity index is 1.87. The number of ether oxygens (including phenoxy) is 2. The number of rotatable bonds is 9. The molecule has 2 N–H and O–H groups in total. The van der Waals surface area contributed by atoms with Gasteiger partial charge in [-0.2, -0.15) is 5.10 Å². The molecule has 0 fully saturated rings. The minimum atomic E-state index is -1.04. The van der Waals surface area contributed by atoms with E-state index in [0.29, 0.717) is 11.5 Å². The summed E-state index contributed by atoms with van der Waals surface area (Å²) in [5, 5.41) is 12.5. The molecule has 0 unspecified atom stereocenters. The number of hydrazone groups is 1. The number of amides is 1. The van der Waals surface area contributed by atoms with Crippen LogP contribution in [0.25, 0.3) is 0 Å². The number of carbonyl (C=O) groups is 2. The van der Waals surface area contributed by atoms with Crippen LogP contribution in [0.15, 0.2) is 46.0 Å². The number of nitrogens with zero attached hydrogens (tertiary/aromatic N) is 1. The third kappa shape index (κ3) is 7.23. The van der Waals surface area contributed by atoms with Gasteiger partial charge >= 0.3 is 5.97 Å². The van der Waals surface area contributed by atoms with Crippen LogP contribution in [-0.4, -0.2) is 36.4 Å². The molecule has 7 nitrogen and oxygen atoms in total. The quantitative estimate of drug-likeness (QED) is 0.435. The number of nitrogens with one attached hydrogen (secondary N) is 1. The monoisotopic (exact) mass is 462 g/mol. The summed E-state index contributed by atoms with van der Waals surface area (Å²) < 4.78 is 11.7. The first-order valence-corrected chi connectivity index (χ1v) is 9.75. The van der Waals surface area contributed by atoms with E-state index in [-0.39, 0.29) is 18.4 Å². The van der Waals surface area contributed by atoms with Crippen LogP contribution in [0.4, 0.5) is 0 Å². The molecule has 0 bridgehead atoms. The largest absolute Gasteiger partial charge is 0.483 e. The molecule has 2 aromatic carbocycles. The molecule has 0 aliphatic carbocycles. The van der Waals surface area contributed by atoms with Gasteiger partial charge in [-0.3, -0.25) is 4.79 Å². The number of carboxylic acids is 1. The van der Waals surface area contributed by atoms with Gasteiger partial charge in [-0.15, -0.1) is 0 Å². The summed E-state index contributed by atoms with van der Waals surface area (Å²) in [7, 11) is 0. The van der Waals surface area contributed by atoms with Crippen LogP contribution in [-0.2, 0) is 9.59 Å². The van der Waals surface area contributed by atoms with Crippen LogP contribution in [0.3, 0.4) is 0 Å². The van der Waals surface area contributed by atoms with Crippen LogP contribution in [0.2, 0.25) is 0 Å². The average molecular weight is 463 g/mol. The van der Waals surface area contributed by atoms with Crippen LogP contribution in [0, 0.1) is 6.92 Å². The topological polar surface area (TPSA) is 97.2 Å². The van der Waals surface area contributed by atoms with Gasteiger partial charge in [-0.1, -0.05) is 29.8 Å². The number of aliphatic carboxylic acids is 1. The van der Waals surface area contributed by atoms with Gasteiger partial charge in [-0.25, -0.2) is 10.2 Å². The number of hydrogen-bond donors (Lipinski definition) is 2. The second kappa shape index (κ2) is 10.6. The van der Waals surface area contributed by atoms with Gasteiger partial charge in [-0.05, 0) is 65.9 Å². The Morgan fingerprint density at radius 3 is 2.48 bits per heavy atom. The zero-order valence-corrected chi connectivity index (χ0v) is 18.0. The van der Waals surface area contributed by atoms with Crippen molar-refractivity contribution in [2.75, 3.05) is 13.2 Å². The molecule has 0 atom stereocenters. The van der Waals surface area contributed by atoms with Crippen molar-refractivity contribution in [3.8, 4) is 11.5 Å². The van der Waals surface area contributed by atoms with Crippen molar-refractivity contribution in [1.29, 1.82) is 0 Å². The molecular weight excluding hydrogens is 440 g/mol. The highest BCUT2D eigenvalue weighted by Gasteiger charge is 2.12. The molecule has 0 spiro atoms. The highest BCUT2D eigenvalue weighted by molar-refractivity contribution is 9.10. The van der Waals surface area contributed by atoms with E-state index in [9.17, 15) is 9.59 Å². The summed E-state index contributed by atoms with van der Waals surface area (Å²) in [5.41, 5.74) is 5.18. The van der Waals surface area contributed by atoms with Gasteiger partial charge in [0.15, 0.2) is 13.2 Å². The van der Waals surface area contributed by atoms with Gasteiger partial charge in [0.1, 0.15) is 11.5 Å². The molecule has 0 aliphatic rings. The minimum absolute atomic E-state index is 0.153. The predicted octanol–water partition coefficient (Wildman–Crippen LogP) is 3.87. The summed E-state index contributed by atoms with van der Waals surface area (Å²) in [4.78, 5) is 22.5. The van der Waals surface area contributed by atoms with E-state index < -0.39 is 12.6 Å². The molecule has 0 radical (unpaired) electrons. The summed E-state index contributed by atoms with van der Waals surface area (Å²) in [5.74, 6) is -0.0488. The van der Waals surface area contributed by atoms with Gasteiger partial charge in [0.2, 0.25) is 0 Å². The molecule has 8 heteroatoms. The number of carboxylic acid groups (broad SMARTS) is 1. The second-order valence-electron chi connectivity index (χ2n) is 6.63. The highest BCUT2D eigenvalue weighted by Crippen LogP contribution is 2.32. The first kappa shape index (κ1) is 22.4. The standard InChI is InChI=1S/C21H23BrN2O5/c1-13(2)17-9-18(22)14(3)8-19(17)29-11-20(25)24-23-10-15-4-6-16(7-5-15)28-12-21(26)27/h4-10,13H,11-12H2,1-3H3,(H,24,25)(H,26,27)/b23-10-. The Morgan fingerprint density at radius 1 is 1.17 bits per heavy atom. The summed E-state index contributed by atoms with van der Waals surface area (Å²) >= 11 is 3.52. The minimum Gasteiger partial charge on any atom is -0.483 e. The number of benzene rings is 2. The van der Waals surface area contributed by atoms with Crippen LogP contribution < -0.4 is 14.9 Å². The van der Waals surface area contributed by atoms with E-state index in [1.165, 1.54) is 6.21 Å². The van der Waals surface area contributed by atoms with Gasteiger partial charge in [0.05, 0.1) is 6.21 Å². The molecule has 0 saturated heterocycles. The Hall–Kier alpha value is -2.87. The van der Waals surface area contributed by atoms with Crippen LogP contribution in [0.5, 0.6) is 11.5 Å². The van der Waals surface area contributed by atoms with Crippen molar-refractivity contribution in [2.45, 2.75) is 26.7 Å². The average Bonchev–Trinajstić information content (AvgIpc) is 2.67. The Bertz CT molecular complexity index is 895. The maximum Gasteiger partial charge on any atom is 0.341 e. The Labute approximate surface area is 177 Å². The lowest BCUT2D eigenvalue weighted by molar-refractivity contribution is -0.139. The first-order valence-electron chi connectivity index (χ1n) is 8.95. The summed E-state index contributed by atoms with van der Waals surface area (Å²) in [6, 6.07) is 10.6. The van der Waals surface area contributed by atoms with Crippen LogP contribution >= 0.6 is 15.9 Å². The van der Waals surface area contributed by atoms with Crippen molar-refractivity contribution in [3.05, 3.63) is 57.6 Å². The third-order valence-electron chi connectivity index (χ3n) is 3.92. The zero-order chi connectivity index (χ0) is 21.4. The van der Waals surface area contributed by atoms with Crippen molar-refractivity contribution in [2.24, 2.45) is 5.10 Å². The van der Waals surface area contributed by atoms with Gasteiger partial charge in [0, 0.05) is 4.47 Å². The molecule has 0 saturated carbocycles. The number of aryl methyl sites for hydroxylation is 1. The zero-order valence-electron chi connectivity index (χ0n) is 16.4. The SMILES string of the molecule is Cc1cc(OCC(=O)N/N=C\c2ccc(OCC(=O)O)cc2)c(C(C)C)cc1Br. The molecule has 0 heterocycles. The molecule has 0 aliphatic heterocycles. The molecule has 2 aromatic rings. The lowest BCUT2D eigenvalue weighted by Gasteiger charge is -2.15. The lowest BCUT2D eigenvalue weighted by atomic mass is 10.0. The summed E-state index contributed by atoms with van der Waals surface area (Å²) in [6.45, 7) is 5.53. The van der Waals surface area contributed by atoms with E-state index in [2.05, 4.69) is 40.3 Å². The van der Waals surface area contributed by atoms with E-state index in [0.717, 1.165) is 21.2 Å². The van der Waals surface area contributed by atoms with Gasteiger partial charge < -0.3 is 14.6 Å². The smallest absolute Gasteiger partial charge is 0.341 e. The lowest BCUT2D eigenvalue weighted by Crippen LogP contribution is -2.25. The fraction of sp³-hybridized carbons (Fsp3) is 0.286. The van der Waals surface area contributed by atoms with Crippen molar-refractivity contribution < 1.29 is 24.2 Å². The third-order valence-corrected chi connectivity index (χ3v) is 4.77. The molecule has 2 rings (SSSR count). The van der Waals surface area contributed by atoms with E-state index >= 15 is 0 Å². The Morgan fingerprint density at radius 2 is 1.86 bits per heavy atom. The van der Waals surface area contributed by atoms with Crippen LogP contribution in [0.1, 0.15) is 36.5 Å². The van der Waals surface area contributed by atoms with Crippen molar-refractivity contribution in [1.82, 2.24) is 5.43 Å². The van der Waals surface area contributed by atoms with Crippen molar-refractivity contribution >= 4 is 34.0 Å². The second-order valence-corrected chi connectivity index (χ2v) is 7.48. The van der Waals surface area contributed by atoms with E-state index in [4.69, 9.17) is 14.6 Å². The maximum absolute atomic E-state index is 12.0. The molecule has 154 valence electrons. The first-order chi connectivity index (χ1) is 13.8. The predicted molar refractivity (Wildman–Crippen MR) is 114 cm³/mol. The van der Waals surface area contributed by atoms with Gasteiger partial charge in [0.25, 0.3) is 5.91 Å². The molecule has 0 aromatic heterocycles. The summed E-state index contributed by atoms with van der Waals surface area (Å²) in [6.07, 6.45) is 1.47. The van der Waals surface area contributed by atoms with Crippen molar-refractivity contribution in [3.63, 3.8) is 0 Å². The van der Waals surface area contributed by atoms with E-state index in [1.54, 1.807) is 24.3 Å². The van der Waals surface area contributed by atoms with E-state index in [1.807, 2.05) is 19.1 Å². The number of carbonyl (C=O) groups excluding carboxylic acids is 1. The maximum atomic E-state index is 12.0.